The number of aryl methyl sites for hydroxylation is 1. The van der Waals surface area contributed by atoms with Crippen molar-refractivity contribution in [1.29, 1.82) is 0 Å². The summed E-state index contributed by atoms with van der Waals surface area (Å²) in [6.45, 7) is 1.95. The lowest BCUT2D eigenvalue weighted by molar-refractivity contribution is 0.262. The quantitative estimate of drug-likeness (QED) is 0.712. The largest absolute Gasteiger partial charge is 0.339 e. The first-order chi connectivity index (χ1) is 12.7. The predicted octanol–water partition coefficient (Wildman–Crippen LogP) is 4.49. The lowest BCUT2D eigenvalue weighted by Gasteiger charge is -2.12. The van der Waals surface area contributed by atoms with Crippen LogP contribution in [0.4, 0.5) is 16.2 Å². The monoisotopic (exact) mass is 348 g/mol. The number of para-hydroxylation sites is 2. The van der Waals surface area contributed by atoms with Gasteiger partial charge >= 0.3 is 6.03 Å². The van der Waals surface area contributed by atoms with E-state index < -0.39 is 0 Å². The summed E-state index contributed by atoms with van der Waals surface area (Å²) in [7, 11) is 0. The predicted molar refractivity (Wildman–Crippen MR) is 99.3 cm³/mol. The molecule has 0 bridgehead atoms. The molecule has 1 aromatic heterocycles. The van der Waals surface area contributed by atoms with Gasteiger partial charge in [-0.05, 0) is 43.0 Å². The molecule has 1 aliphatic rings. The van der Waals surface area contributed by atoms with E-state index in [9.17, 15) is 4.79 Å². The molecule has 2 N–H and O–H groups in total. The summed E-state index contributed by atoms with van der Waals surface area (Å²) in [4.78, 5) is 16.8. The first kappa shape index (κ1) is 16.3. The number of carbonyl (C=O) groups excluding carboxylic acids is 1. The second-order valence-electron chi connectivity index (χ2n) is 6.55. The Bertz CT molecular complexity index is 931. The van der Waals surface area contributed by atoms with Crippen molar-refractivity contribution in [3.05, 3.63) is 71.4 Å². The Morgan fingerprint density at radius 2 is 1.77 bits per heavy atom. The van der Waals surface area contributed by atoms with Crippen LogP contribution in [0.5, 0.6) is 0 Å². The minimum absolute atomic E-state index is 0.282. The number of urea groups is 1. The zero-order valence-corrected chi connectivity index (χ0v) is 14.5. The van der Waals surface area contributed by atoms with Crippen LogP contribution in [0.3, 0.4) is 0 Å². The van der Waals surface area contributed by atoms with E-state index in [1.54, 1.807) is 0 Å². The summed E-state index contributed by atoms with van der Waals surface area (Å²) in [5.41, 5.74) is 3.45. The Balaban J connectivity index is 1.46. The highest BCUT2D eigenvalue weighted by Gasteiger charge is 2.28. The third kappa shape index (κ3) is 3.74. The summed E-state index contributed by atoms with van der Waals surface area (Å²) in [6.07, 6.45) is 2.76. The lowest BCUT2D eigenvalue weighted by Crippen LogP contribution is -2.20. The topological polar surface area (TPSA) is 80.0 Å². The smallest absolute Gasteiger partial charge is 0.323 e. The molecule has 0 unspecified atom stereocenters. The van der Waals surface area contributed by atoms with Crippen molar-refractivity contribution in [3.8, 4) is 0 Å². The van der Waals surface area contributed by atoms with Crippen LogP contribution in [0.2, 0.25) is 0 Å². The van der Waals surface area contributed by atoms with Crippen molar-refractivity contribution in [2.45, 2.75) is 32.1 Å². The van der Waals surface area contributed by atoms with Gasteiger partial charge in [0.25, 0.3) is 0 Å². The van der Waals surface area contributed by atoms with E-state index in [0.29, 0.717) is 18.2 Å². The van der Waals surface area contributed by atoms with Crippen LogP contribution in [-0.4, -0.2) is 16.2 Å². The number of aromatic nitrogens is 2. The van der Waals surface area contributed by atoms with Crippen molar-refractivity contribution in [2.24, 2.45) is 0 Å². The summed E-state index contributed by atoms with van der Waals surface area (Å²) >= 11 is 0. The number of hydrogen-bond donors (Lipinski definition) is 2. The molecule has 1 heterocycles. The van der Waals surface area contributed by atoms with Gasteiger partial charge in [-0.3, -0.25) is 0 Å². The van der Waals surface area contributed by atoms with Crippen LogP contribution >= 0.6 is 0 Å². The van der Waals surface area contributed by atoms with Gasteiger partial charge in [0.15, 0.2) is 5.82 Å². The number of carbonyl (C=O) groups is 1. The number of hydrogen-bond acceptors (Lipinski definition) is 4. The highest BCUT2D eigenvalue weighted by Crippen LogP contribution is 2.38. The molecule has 1 fully saturated rings. The fourth-order valence-corrected chi connectivity index (χ4v) is 2.80. The average molecular weight is 348 g/mol. The van der Waals surface area contributed by atoms with Crippen LogP contribution in [-0.2, 0) is 6.42 Å². The first-order valence-electron chi connectivity index (χ1n) is 8.73. The van der Waals surface area contributed by atoms with E-state index in [2.05, 4.69) is 20.8 Å². The lowest BCUT2D eigenvalue weighted by atomic mass is 10.1. The number of nitrogens with zero attached hydrogens (tertiary/aromatic N) is 2. The van der Waals surface area contributed by atoms with Crippen molar-refractivity contribution < 1.29 is 9.32 Å². The van der Waals surface area contributed by atoms with Gasteiger partial charge in [-0.2, -0.15) is 4.98 Å². The van der Waals surface area contributed by atoms with E-state index in [1.807, 2.05) is 55.5 Å². The van der Waals surface area contributed by atoms with E-state index >= 15 is 0 Å². The molecular weight excluding hydrogens is 328 g/mol. The molecule has 26 heavy (non-hydrogen) atoms. The molecule has 4 rings (SSSR count). The average Bonchev–Trinajstić information content (AvgIpc) is 3.38. The molecule has 2 amide bonds. The molecule has 6 heteroatoms. The zero-order valence-electron chi connectivity index (χ0n) is 14.5. The molecule has 0 aliphatic heterocycles. The van der Waals surface area contributed by atoms with E-state index in [4.69, 9.17) is 4.52 Å². The molecule has 0 radical (unpaired) electrons. The second kappa shape index (κ2) is 7.00. The van der Waals surface area contributed by atoms with Crippen molar-refractivity contribution in [3.63, 3.8) is 0 Å². The van der Waals surface area contributed by atoms with Gasteiger partial charge in [0.05, 0.1) is 6.42 Å². The third-order valence-corrected chi connectivity index (χ3v) is 4.43. The number of nitrogens with one attached hydrogen (secondary N) is 2. The Hall–Kier alpha value is -3.15. The van der Waals surface area contributed by atoms with Gasteiger partial charge in [-0.25, -0.2) is 4.79 Å². The summed E-state index contributed by atoms with van der Waals surface area (Å²) in [5, 5.41) is 9.83. The Morgan fingerprint density at radius 3 is 2.54 bits per heavy atom. The van der Waals surface area contributed by atoms with Gasteiger partial charge in [0.1, 0.15) is 0 Å². The maximum absolute atomic E-state index is 12.4. The van der Waals surface area contributed by atoms with Crippen molar-refractivity contribution in [1.82, 2.24) is 10.1 Å². The second-order valence-corrected chi connectivity index (χ2v) is 6.55. The number of benzene rings is 2. The van der Waals surface area contributed by atoms with Crippen LogP contribution in [0.1, 0.15) is 41.6 Å². The minimum atomic E-state index is -0.282. The molecule has 2 aromatic carbocycles. The molecular formula is C20H20N4O2. The van der Waals surface area contributed by atoms with Crippen LogP contribution in [0.25, 0.3) is 0 Å². The van der Waals surface area contributed by atoms with Crippen LogP contribution in [0.15, 0.2) is 53.1 Å². The minimum Gasteiger partial charge on any atom is -0.339 e. The number of anilines is 2. The third-order valence-electron chi connectivity index (χ3n) is 4.43. The fourth-order valence-electron chi connectivity index (χ4n) is 2.80. The van der Waals surface area contributed by atoms with E-state index in [0.717, 1.165) is 41.2 Å². The molecule has 6 nitrogen and oxygen atoms in total. The van der Waals surface area contributed by atoms with Gasteiger partial charge in [-0.1, -0.05) is 41.6 Å². The summed E-state index contributed by atoms with van der Waals surface area (Å²) in [5.74, 6) is 1.82. The first-order valence-corrected chi connectivity index (χ1v) is 8.73. The normalized spacial score (nSPS) is 13.4. The molecule has 1 aliphatic carbocycles. The van der Waals surface area contributed by atoms with E-state index in [-0.39, 0.29) is 6.03 Å². The Kier molecular flexibility index (Phi) is 4.39. The van der Waals surface area contributed by atoms with Crippen LogP contribution in [0, 0.1) is 6.92 Å². The van der Waals surface area contributed by atoms with Gasteiger partial charge in [-0.15, -0.1) is 0 Å². The summed E-state index contributed by atoms with van der Waals surface area (Å²) in [6, 6.07) is 15.0. The zero-order chi connectivity index (χ0) is 17.9. The highest BCUT2D eigenvalue weighted by atomic mass is 16.5. The molecule has 132 valence electrons. The molecule has 0 saturated heterocycles. The van der Waals surface area contributed by atoms with Crippen molar-refractivity contribution in [2.75, 3.05) is 10.6 Å². The molecule has 0 atom stereocenters. The van der Waals surface area contributed by atoms with Crippen molar-refractivity contribution >= 4 is 17.4 Å². The SMILES string of the molecule is Cc1ccccc1NC(=O)Nc1ccccc1Cc1nc(C2CC2)no1. The fraction of sp³-hybridized carbons (Fsp3) is 0.250. The standard InChI is InChI=1S/C20H20N4O2/c1-13-6-2-4-8-16(13)21-20(25)22-17-9-5-3-7-15(17)12-18-23-19(24-26-18)14-10-11-14/h2-9,14H,10-12H2,1H3,(H2,21,22,25). The molecule has 3 aromatic rings. The van der Waals surface area contributed by atoms with Gasteiger partial charge < -0.3 is 15.2 Å². The molecule has 1 saturated carbocycles. The Morgan fingerprint density at radius 1 is 1.08 bits per heavy atom. The Labute approximate surface area is 151 Å². The van der Waals surface area contributed by atoms with Gasteiger partial charge in [0, 0.05) is 17.3 Å². The maximum atomic E-state index is 12.4. The maximum Gasteiger partial charge on any atom is 0.323 e. The van der Waals surface area contributed by atoms with Crippen LogP contribution < -0.4 is 10.6 Å². The van der Waals surface area contributed by atoms with Gasteiger partial charge in [0.2, 0.25) is 5.89 Å². The molecule has 0 spiro atoms. The summed E-state index contributed by atoms with van der Waals surface area (Å²) < 4.78 is 5.35. The number of amides is 2. The number of rotatable bonds is 5. The highest BCUT2D eigenvalue weighted by molar-refractivity contribution is 6.00. The van der Waals surface area contributed by atoms with E-state index in [1.165, 1.54) is 0 Å².